The number of anilines is 1. The summed E-state index contributed by atoms with van der Waals surface area (Å²) in [7, 11) is 1.95. The van der Waals surface area contributed by atoms with Crippen LogP contribution < -0.4 is 4.90 Å². The van der Waals surface area contributed by atoms with Gasteiger partial charge in [-0.1, -0.05) is 30.3 Å². The van der Waals surface area contributed by atoms with Gasteiger partial charge in [0.1, 0.15) is 0 Å². The van der Waals surface area contributed by atoms with Crippen LogP contribution in [0, 0.1) is 0 Å². The van der Waals surface area contributed by atoms with Crippen molar-refractivity contribution < 1.29 is 10.2 Å². The zero-order chi connectivity index (χ0) is 19.6. The van der Waals surface area contributed by atoms with Gasteiger partial charge in [0.25, 0.3) is 0 Å². The van der Waals surface area contributed by atoms with Gasteiger partial charge in [0.2, 0.25) is 0 Å². The lowest BCUT2D eigenvalue weighted by molar-refractivity contribution is 0.269. The van der Waals surface area contributed by atoms with Crippen molar-refractivity contribution in [1.29, 1.82) is 0 Å². The van der Waals surface area contributed by atoms with E-state index in [9.17, 15) is 5.11 Å². The molecule has 1 fully saturated rings. The van der Waals surface area contributed by atoms with E-state index in [-0.39, 0.29) is 18.6 Å². The minimum Gasteiger partial charge on any atom is -0.395 e. The van der Waals surface area contributed by atoms with Gasteiger partial charge in [-0.15, -0.1) is 0 Å². The second-order valence-electron chi connectivity index (χ2n) is 7.35. The van der Waals surface area contributed by atoms with Crippen molar-refractivity contribution in [3.63, 3.8) is 0 Å². The fourth-order valence-corrected chi connectivity index (χ4v) is 3.68. The molecule has 2 N–H and O–H groups in total. The lowest BCUT2D eigenvalue weighted by Gasteiger charge is -2.18. The number of nitrogens with zero attached hydrogens (tertiary/aromatic N) is 4. The maximum Gasteiger partial charge on any atom is 0.161 e. The molecule has 3 aromatic rings. The average molecular weight is 378 g/mol. The number of aromatic nitrogens is 3. The van der Waals surface area contributed by atoms with Crippen molar-refractivity contribution in [2.24, 2.45) is 0 Å². The smallest absolute Gasteiger partial charge is 0.161 e. The first-order valence-electron chi connectivity index (χ1n) is 9.72. The molecule has 146 valence electrons. The van der Waals surface area contributed by atoms with Crippen LogP contribution in [0.1, 0.15) is 24.2 Å². The van der Waals surface area contributed by atoms with Crippen molar-refractivity contribution in [3.05, 3.63) is 66.0 Å². The standard InChI is InChI=1S/C22H26N4O2/c1-25(13-15-27)19-9-7-17(8-10-19)20-23-21(24-26(20)14-16-28)22(11-12-22)18-5-3-2-4-6-18/h2-10,27-28H,11-16H2,1H3. The molecule has 0 saturated heterocycles. The number of hydrogen-bond donors (Lipinski definition) is 2. The molecule has 2 aromatic carbocycles. The number of aliphatic hydroxyl groups excluding tert-OH is 2. The van der Waals surface area contributed by atoms with Gasteiger partial charge >= 0.3 is 0 Å². The first-order chi connectivity index (χ1) is 13.7. The second-order valence-corrected chi connectivity index (χ2v) is 7.35. The molecule has 1 heterocycles. The molecule has 0 spiro atoms. The minimum absolute atomic E-state index is 0.0193. The highest BCUT2D eigenvalue weighted by Crippen LogP contribution is 2.52. The van der Waals surface area contributed by atoms with E-state index in [1.807, 2.05) is 47.0 Å². The Morgan fingerprint density at radius 1 is 1.00 bits per heavy atom. The molecule has 1 saturated carbocycles. The van der Waals surface area contributed by atoms with Crippen LogP contribution in [-0.4, -0.2) is 51.8 Å². The van der Waals surface area contributed by atoms with Crippen molar-refractivity contribution >= 4 is 5.69 Å². The van der Waals surface area contributed by atoms with E-state index in [0.29, 0.717) is 13.1 Å². The van der Waals surface area contributed by atoms with Gasteiger partial charge in [0.15, 0.2) is 11.6 Å². The number of aliphatic hydroxyl groups is 2. The maximum atomic E-state index is 9.49. The molecule has 6 heteroatoms. The monoisotopic (exact) mass is 378 g/mol. The fraction of sp³-hybridized carbons (Fsp3) is 0.364. The van der Waals surface area contributed by atoms with Crippen LogP contribution in [-0.2, 0) is 12.0 Å². The first kappa shape index (κ1) is 18.7. The average Bonchev–Trinajstić information content (AvgIpc) is 3.44. The molecule has 1 aliphatic rings. The molecule has 0 bridgehead atoms. The lowest BCUT2D eigenvalue weighted by Crippen LogP contribution is -2.20. The molecule has 4 rings (SSSR count). The van der Waals surface area contributed by atoms with E-state index < -0.39 is 0 Å². The van der Waals surface area contributed by atoms with Crippen LogP contribution in [0.15, 0.2) is 54.6 Å². The molecule has 1 aromatic heterocycles. The topological polar surface area (TPSA) is 74.4 Å². The molecule has 0 radical (unpaired) electrons. The summed E-state index contributed by atoms with van der Waals surface area (Å²) in [5.74, 6) is 1.62. The van der Waals surface area contributed by atoms with Crippen molar-refractivity contribution in [1.82, 2.24) is 14.8 Å². The molecular formula is C22H26N4O2. The molecule has 0 unspecified atom stereocenters. The van der Waals surface area contributed by atoms with Crippen molar-refractivity contribution in [3.8, 4) is 11.4 Å². The predicted octanol–water partition coefficient (Wildman–Crippen LogP) is 2.45. The Bertz CT molecular complexity index is 917. The maximum absolute atomic E-state index is 9.49. The van der Waals surface area contributed by atoms with Gasteiger partial charge < -0.3 is 15.1 Å². The summed E-state index contributed by atoms with van der Waals surface area (Å²) in [5.41, 5.74) is 3.16. The van der Waals surface area contributed by atoms with Crippen molar-refractivity contribution in [2.45, 2.75) is 24.8 Å². The Labute approximate surface area is 165 Å². The van der Waals surface area contributed by atoms with E-state index in [1.54, 1.807) is 0 Å². The Morgan fingerprint density at radius 3 is 2.32 bits per heavy atom. The van der Waals surface area contributed by atoms with Gasteiger partial charge in [-0.2, -0.15) is 5.10 Å². The van der Waals surface area contributed by atoms with E-state index in [0.717, 1.165) is 35.7 Å². The lowest BCUT2D eigenvalue weighted by atomic mass is 9.95. The van der Waals surface area contributed by atoms with Gasteiger partial charge in [-0.3, -0.25) is 0 Å². The van der Waals surface area contributed by atoms with Gasteiger partial charge in [-0.05, 0) is 42.7 Å². The van der Waals surface area contributed by atoms with E-state index in [2.05, 4.69) is 24.3 Å². The number of likely N-dealkylation sites (N-methyl/N-ethyl adjacent to an activating group) is 1. The Morgan fingerprint density at radius 2 is 1.71 bits per heavy atom. The zero-order valence-electron chi connectivity index (χ0n) is 16.1. The molecule has 0 atom stereocenters. The molecule has 6 nitrogen and oxygen atoms in total. The third-order valence-corrected chi connectivity index (χ3v) is 5.49. The quantitative estimate of drug-likeness (QED) is 0.630. The van der Waals surface area contributed by atoms with E-state index >= 15 is 0 Å². The Kier molecular flexibility index (Phi) is 5.15. The predicted molar refractivity (Wildman–Crippen MR) is 109 cm³/mol. The Balaban J connectivity index is 1.68. The molecule has 0 amide bonds. The third kappa shape index (κ3) is 3.41. The molecule has 0 aliphatic heterocycles. The highest BCUT2D eigenvalue weighted by molar-refractivity contribution is 5.61. The highest BCUT2D eigenvalue weighted by atomic mass is 16.3. The van der Waals surface area contributed by atoms with Crippen LogP contribution in [0.2, 0.25) is 0 Å². The summed E-state index contributed by atoms with van der Waals surface area (Å²) in [4.78, 5) is 6.91. The summed E-state index contributed by atoms with van der Waals surface area (Å²) in [6.07, 6.45) is 2.09. The van der Waals surface area contributed by atoms with Gasteiger partial charge in [0, 0.05) is 24.8 Å². The summed E-state index contributed by atoms with van der Waals surface area (Å²) < 4.78 is 1.81. The molecule has 28 heavy (non-hydrogen) atoms. The number of benzene rings is 2. The van der Waals surface area contributed by atoms with Crippen molar-refractivity contribution in [2.75, 3.05) is 31.7 Å². The second kappa shape index (κ2) is 7.73. The van der Waals surface area contributed by atoms with E-state index in [4.69, 9.17) is 15.2 Å². The molecule has 1 aliphatic carbocycles. The van der Waals surface area contributed by atoms with Gasteiger partial charge in [0.05, 0.1) is 25.2 Å². The van der Waals surface area contributed by atoms with Crippen LogP contribution >= 0.6 is 0 Å². The first-order valence-corrected chi connectivity index (χ1v) is 9.72. The normalized spacial score (nSPS) is 14.8. The largest absolute Gasteiger partial charge is 0.395 e. The fourth-order valence-electron chi connectivity index (χ4n) is 3.68. The van der Waals surface area contributed by atoms with E-state index in [1.165, 1.54) is 5.56 Å². The highest BCUT2D eigenvalue weighted by Gasteiger charge is 2.49. The SMILES string of the molecule is CN(CCO)c1ccc(-c2nc(C3(c4ccccc4)CC3)nn2CCO)cc1. The summed E-state index contributed by atoms with van der Waals surface area (Å²) >= 11 is 0. The summed E-state index contributed by atoms with van der Waals surface area (Å²) in [6.45, 7) is 1.14. The summed E-state index contributed by atoms with van der Waals surface area (Å²) in [6, 6.07) is 18.5. The number of rotatable bonds is 8. The Hall–Kier alpha value is -2.70. The summed E-state index contributed by atoms with van der Waals surface area (Å²) in [5, 5.41) is 23.4. The zero-order valence-corrected chi connectivity index (χ0v) is 16.1. The third-order valence-electron chi connectivity index (χ3n) is 5.49. The number of hydrogen-bond acceptors (Lipinski definition) is 5. The molecular weight excluding hydrogens is 352 g/mol. The van der Waals surface area contributed by atoms with Crippen LogP contribution in [0.5, 0.6) is 0 Å². The van der Waals surface area contributed by atoms with Crippen LogP contribution in [0.3, 0.4) is 0 Å². The van der Waals surface area contributed by atoms with Crippen LogP contribution in [0.4, 0.5) is 5.69 Å². The van der Waals surface area contributed by atoms with Crippen LogP contribution in [0.25, 0.3) is 11.4 Å². The minimum atomic E-state index is -0.0992. The van der Waals surface area contributed by atoms with Gasteiger partial charge in [-0.25, -0.2) is 9.67 Å².